The van der Waals surface area contributed by atoms with E-state index in [4.69, 9.17) is 5.73 Å². The van der Waals surface area contributed by atoms with Crippen LogP contribution >= 0.6 is 11.8 Å². The molecule has 0 bridgehead atoms. The topological polar surface area (TPSA) is 94.0 Å². The number of hydrogen-bond donors (Lipinski definition) is 2. The van der Waals surface area contributed by atoms with Crippen LogP contribution in [0.2, 0.25) is 0 Å². The van der Waals surface area contributed by atoms with Gasteiger partial charge in [0.05, 0.1) is 0 Å². The summed E-state index contributed by atoms with van der Waals surface area (Å²) in [5.41, 5.74) is 5.47. The van der Waals surface area contributed by atoms with E-state index in [0.29, 0.717) is 5.96 Å². The standard InChI is InChI=1S/C7H15N7S/c1-9-6(8)10-4-3-5-15-7-11-12-13-14(7)2/h3-5H2,1-2H3,(H3,8,9,10). The molecule has 0 atom stereocenters. The average Bonchev–Trinajstić information content (AvgIpc) is 2.63. The Balaban J connectivity index is 2.10. The number of hydrogen-bond acceptors (Lipinski definition) is 5. The molecule has 1 aromatic rings. The number of nitrogens with two attached hydrogens (primary N) is 1. The number of aromatic nitrogens is 4. The summed E-state index contributed by atoms with van der Waals surface area (Å²) in [6, 6.07) is 0. The Morgan fingerprint density at radius 3 is 3.07 bits per heavy atom. The fourth-order valence-electron chi connectivity index (χ4n) is 0.875. The lowest BCUT2D eigenvalue weighted by atomic mass is 10.5. The number of nitrogens with zero attached hydrogens (tertiary/aromatic N) is 5. The third-order valence-corrected chi connectivity index (χ3v) is 2.78. The fraction of sp³-hybridized carbons (Fsp3) is 0.714. The second kappa shape index (κ2) is 6.23. The van der Waals surface area contributed by atoms with E-state index in [9.17, 15) is 0 Å². The third kappa shape index (κ3) is 4.15. The van der Waals surface area contributed by atoms with Crippen molar-refractivity contribution in [3.05, 3.63) is 0 Å². The van der Waals surface area contributed by atoms with Crippen LogP contribution in [0.3, 0.4) is 0 Å². The van der Waals surface area contributed by atoms with Crippen LogP contribution in [-0.2, 0) is 7.05 Å². The lowest BCUT2D eigenvalue weighted by molar-refractivity contribution is 0.664. The Labute approximate surface area is 92.5 Å². The van der Waals surface area contributed by atoms with Crippen LogP contribution < -0.4 is 11.1 Å². The van der Waals surface area contributed by atoms with Crippen LogP contribution in [-0.4, -0.2) is 45.5 Å². The summed E-state index contributed by atoms with van der Waals surface area (Å²) in [6.07, 6.45) is 0.980. The Hall–Kier alpha value is -1.31. The van der Waals surface area contributed by atoms with Crippen LogP contribution in [0.1, 0.15) is 6.42 Å². The number of aliphatic imine (C=N–C) groups is 1. The maximum Gasteiger partial charge on any atom is 0.209 e. The van der Waals surface area contributed by atoms with Crippen LogP contribution in [0, 0.1) is 0 Å². The maximum atomic E-state index is 5.47. The van der Waals surface area contributed by atoms with E-state index in [-0.39, 0.29) is 0 Å². The van der Waals surface area contributed by atoms with Gasteiger partial charge in [-0.3, -0.25) is 4.99 Å². The average molecular weight is 229 g/mol. The first-order valence-electron chi connectivity index (χ1n) is 4.55. The van der Waals surface area contributed by atoms with Crippen LogP contribution in [0.15, 0.2) is 10.1 Å². The number of guanidine groups is 1. The largest absolute Gasteiger partial charge is 0.370 e. The van der Waals surface area contributed by atoms with Crippen molar-refractivity contribution in [2.45, 2.75) is 11.6 Å². The zero-order valence-electron chi connectivity index (χ0n) is 8.84. The van der Waals surface area contributed by atoms with Crippen molar-refractivity contribution < 1.29 is 0 Å². The molecule has 0 aliphatic heterocycles. The Bertz CT molecular complexity index is 321. The highest BCUT2D eigenvalue weighted by Crippen LogP contribution is 2.12. The summed E-state index contributed by atoms with van der Waals surface area (Å²) in [7, 11) is 3.48. The first kappa shape index (κ1) is 11.8. The summed E-state index contributed by atoms with van der Waals surface area (Å²) in [5.74, 6) is 1.42. The molecule has 0 unspecified atom stereocenters. The molecule has 1 rings (SSSR count). The molecular weight excluding hydrogens is 214 g/mol. The highest BCUT2D eigenvalue weighted by Gasteiger charge is 2.01. The highest BCUT2D eigenvalue weighted by molar-refractivity contribution is 7.99. The lowest BCUT2D eigenvalue weighted by Crippen LogP contribution is -2.32. The predicted molar refractivity (Wildman–Crippen MR) is 59.7 cm³/mol. The summed E-state index contributed by atoms with van der Waals surface area (Å²) >= 11 is 1.62. The van der Waals surface area contributed by atoms with Crippen LogP contribution in [0.5, 0.6) is 0 Å². The SMILES string of the molecule is CN=C(N)NCCCSc1nnnn1C. The third-order valence-electron chi connectivity index (χ3n) is 1.68. The van der Waals surface area contributed by atoms with E-state index < -0.39 is 0 Å². The smallest absolute Gasteiger partial charge is 0.209 e. The van der Waals surface area contributed by atoms with E-state index in [1.165, 1.54) is 0 Å². The van der Waals surface area contributed by atoms with Crippen LogP contribution in [0.4, 0.5) is 0 Å². The van der Waals surface area contributed by atoms with Crippen molar-refractivity contribution in [1.29, 1.82) is 0 Å². The van der Waals surface area contributed by atoms with E-state index in [1.807, 2.05) is 7.05 Å². The van der Waals surface area contributed by atoms with Gasteiger partial charge in [-0.15, -0.1) is 5.10 Å². The molecule has 3 N–H and O–H groups in total. The number of thioether (sulfide) groups is 1. The van der Waals surface area contributed by atoms with Gasteiger partial charge in [0.1, 0.15) is 0 Å². The Kier molecular flexibility index (Phi) is 4.88. The van der Waals surface area contributed by atoms with Gasteiger partial charge in [0.25, 0.3) is 0 Å². The zero-order valence-corrected chi connectivity index (χ0v) is 9.66. The van der Waals surface area contributed by atoms with Crippen molar-refractivity contribution in [3.63, 3.8) is 0 Å². The van der Waals surface area contributed by atoms with Crippen molar-refractivity contribution in [1.82, 2.24) is 25.5 Å². The van der Waals surface area contributed by atoms with Gasteiger partial charge in [0, 0.05) is 26.4 Å². The molecule has 1 heterocycles. The van der Waals surface area contributed by atoms with E-state index in [2.05, 4.69) is 25.8 Å². The van der Waals surface area contributed by atoms with Gasteiger partial charge in [-0.05, 0) is 16.8 Å². The quantitative estimate of drug-likeness (QED) is 0.298. The highest BCUT2D eigenvalue weighted by atomic mass is 32.2. The molecule has 7 nitrogen and oxygen atoms in total. The Morgan fingerprint density at radius 2 is 2.47 bits per heavy atom. The molecule has 0 saturated heterocycles. The number of tetrazole rings is 1. The normalized spacial score (nSPS) is 11.7. The molecule has 0 aromatic carbocycles. The molecule has 0 radical (unpaired) electrons. The number of rotatable bonds is 5. The first-order chi connectivity index (χ1) is 7.24. The van der Waals surface area contributed by atoms with Crippen molar-refractivity contribution >= 4 is 17.7 Å². The maximum absolute atomic E-state index is 5.47. The summed E-state index contributed by atoms with van der Waals surface area (Å²) in [4.78, 5) is 3.79. The van der Waals surface area contributed by atoms with Gasteiger partial charge in [-0.25, -0.2) is 4.68 Å². The zero-order chi connectivity index (χ0) is 11.1. The predicted octanol–water partition coefficient (Wildman–Crippen LogP) is -0.774. The molecule has 0 aliphatic carbocycles. The minimum atomic E-state index is 0.473. The summed E-state index contributed by atoms with van der Waals surface area (Å²) < 4.78 is 1.65. The molecule has 15 heavy (non-hydrogen) atoms. The monoisotopic (exact) mass is 229 g/mol. The second-order valence-corrected chi connectivity index (χ2v) is 3.88. The fourth-order valence-corrected chi connectivity index (χ4v) is 1.66. The molecule has 84 valence electrons. The first-order valence-corrected chi connectivity index (χ1v) is 5.54. The van der Waals surface area contributed by atoms with Gasteiger partial charge >= 0.3 is 0 Å². The minimum absolute atomic E-state index is 0.473. The molecule has 8 heteroatoms. The molecule has 0 spiro atoms. The van der Waals surface area contributed by atoms with Crippen LogP contribution in [0.25, 0.3) is 0 Å². The second-order valence-electron chi connectivity index (χ2n) is 2.82. The molecule has 0 fully saturated rings. The van der Waals surface area contributed by atoms with E-state index in [0.717, 1.165) is 23.9 Å². The minimum Gasteiger partial charge on any atom is -0.370 e. The number of aryl methyl sites for hydroxylation is 1. The summed E-state index contributed by atoms with van der Waals surface area (Å²) in [6.45, 7) is 0.807. The molecular formula is C7H15N7S. The van der Waals surface area contributed by atoms with Crippen molar-refractivity contribution in [2.24, 2.45) is 17.8 Å². The number of nitrogens with one attached hydrogen (secondary N) is 1. The van der Waals surface area contributed by atoms with Gasteiger partial charge in [-0.1, -0.05) is 11.8 Å². The van der Waals surface area contributed by atoms with Crippen molar-refractivity contribution in [2.75, 3.05) is 19.3 Å². The molecule has 0 amide bonds. The molecule has 1 aromatic heterocycles. The Morgan fingerprint density at radius 1 is 1.67 bits per heavy atom. The van der Waals surface area contributed by atoms with Gasteiger partial charge in [0.2, 0.25) is 5.16 Å². The molecule has 0 saturated carbocycles. The van der Waals surface area contributed by atoms with Gasteiger partial charge < -0.3 is 11.1 Å². The van der Waals surface area contributed by atoms with Gasteiger partial charge in [-0.2, -0.15) is 0 Å². The van der Waals surface area contributed by atoms with E-state index >= 15 is 0 Å². The lowest BCUT2D eigenvalue weighted by Gasteiger charge is -2.03. The molecule has 0 aliphatic rings. The van der Waals surface area contributed by atoms with E-state index in [1.54, 1.807) is 23.5 Å². The summed E-state index contributed by atoms with van der Waals surface area (Å²) in [5, 5.41) is 15.0. The van der Waals surface area contributed by atoms with Crippen molar-refractivity contribution in [3.8, 4) is 0 Å². The van der Waals surface area contributed by atoms with Gasteiger partial charge in [0.15, 0.2) is 5.96 Å².